The van der Waals surface area contributed by atoms with Crippen LogP contribution in [0.1, 0.15) is 5.69 Å². The van der Waals surface area contributed by atoms with Crippen molar-refractivity contribution in [2.24, 2.45) is 15.4 Å². The van der Waals surface area contributed by atoms with Gasteiger partial charge in [0.05, 0.1) is 22.6 Å². The number of hydrogen-bond acceptors (Lipinski definition) is 9. The van der Waals surface area contributed by atoms with Gasteiger partial charge in [0.25, 0.3) is 0 Å². The molecule has 0 amide bonds. The number of nitrogens with two attached hydrogens (primary N) is 1. The molecule has 1 heterocycles. The van der Waals surface area contributed by atoms with Gasteiger partial charge in [-0.2, -0.15) is 0 Å². The van der Waals surface area contributed by atoms with Gasteiger partial charge in [0.2, 0.25) is 5.82 Å². The molecule has 0 bridgehead atoms. The number of aromatic nitrogens is 2. The highest BCUT2D eigenvalue weighted by molar-refractivity contribution is 7.92. The molecule has 0 spiro atoms. The quantitative estimate of drug-likeness (QED) is 0.266. The predicted molar refractivity (Wildman–Crippen MR) is 63.7 cm³/mol. The predicted octanol–water partition coefficient (Wildman–Crippen LogP) is -0.765. The Morgan fingerprint density at radius 2 is 2.39 bits per heavy atom. The van der Waals surface area contributed by atoms with Crippen LogP contribution in [0.2, 0.25) is 0 Å². The van der Waals surface area contributed by atoms with E-state index in [1.165, 1.54) is 13.4 Å². The van der Waals surface area contributed by atoms with E-state index in [0.29, 0.717) is 0 Å². The van der Waals surface area contributed by atoms with Crippen molar-refractivity contribution >= 4 is 21.4 Å². The first kappa shape index (κ1) is 14.2. The third-order valence-electron chi connectivity index (χ3n) is 1.84. The van der Waals surface area contributed by atoms with Crippen LogP contribution in [0.15, 0.2) is 14.3 Å². The number of anilines is 1. The summed E-state index contributed by atoms with van der Waals surface area (Å²) in [4.78, 5) is 4.48. The van der Waals surface area contributed by atoms with Crippen LogP contribution >= 0.6 is 0 Å². The fourth-order valence-electron chi connectivity index (χ4n) is 1.07. The Hall–Kier alpha value is -1.88. The Bertz CT molecular complexity index is 532. The molecule has 0 aliphatic heterocycles. The minimum Gasteiger partial charge on any atom is -0.409 e. The monoisotopic (exact) mass is 278 g/mol. The van der Waals surface area contributed by atoms with Crippen molar-refractivity contribution in [2.45, 2.75) is 0 Å². The zero-order valence-electron chi connectivity index (χ0n) is 9.86. The molecule has 0 aliphatic rings. The summed E-state index contributed by atoms with van der Waals surface area (Å²) < 4.78 is 19.6. The third-order valence-corrected chi connectivity index (χ3v) is 3.27. The maximum atomic E-state index is 11.7. The second-order valence-corrected chi connectivity index (χ2v) is 5.77. The van der Waals surface area contributed by atoms with Gasteiger partial charge in [-0.1, -0.05) is 9.68 Å². The average Bonchev–Trinajstić information content (AvgIpc) is 2.76. The number of nitrogens with zero attached hydrogens (tertiary/aromatic N) is 4. The fraction of sp³-hybridized carbons (Fsp3) is 0.571. The maximum absolute atomic E-state index is 11.7. The van der Waals surface area contributed by atoms with Crippen LogP contribution in [0.25, 0.3) is 0 Å². The highest BCUT2D eigenvalue weighted by Gasteiger charge is 2.14. The van der Waals surface area contributed by atoms with E-state index in [0.717, 1.165) is 0 Å². The Labute approximate surface area is 103 Å². The van der Waals surface area contributed by atoms with Crippen LogP contribution in [0.5, 0.6) is 0 Å². The normalized spacial score (nSPS) is 15.1. The van der Waals surface area contributed by atoms with Gasteiger partial charge >= 0.3 is 0 Å². The van der Waals surface area contributed by atoms with E-state index < -0.39 is 9.73 Å². The lowest BCUT2D eigenvalue weighted by Gasteiger charge is -2.04. The summed E-state index contributed by atoms with van der Waals surface area (Å²) in [5.74, 6) is 0.180. The molecule has 0 aliphatic carbocycles. The molecule has 1 rings (SSSR count). The molecule has 11 heteroatoms. The lowest BCUT2D eigenvalue weighted by atomic mass is 10.4. The van der Waals surface area contributed by atoms with E-state index in [4.69, 9.17) is 10.9 Å². The molecule has 4 N–H and O–H groups in total. The lowest BCUT2D eigenvalue weighted by Crippen LogP contribution is -2.19. The van der Waals surface area contributed by atoms with E-state index in [9.17, 15) is 4.21 Å². The molecule has 1 aromatic rings. The highest BCUT2D eigenvalue weighted by atomic mass is 32.2. The average molecular weight is 278 g/mol. The van der Waals surface area contributed by atoms with Crippen molar-refractivity contribution in [1.82, 2.24) is 10.3 Å². The Morgan fingerprint density at radius 1 is 1.67 bits per heavy atom. The second kappa shape index (κ2) is 6.16. The molecular weight excluding hydrogens is 264 g/mol. The zero-order chi connectivity index (χ0) is 13.6. The maximum Gasteiger partial charge on any atom is 0.202 e. The first-order valence-electron chi connectivity index (χ1n) is 4.77. The van der Waals surface area contributed by atoms with Gasteiger partial charge in [0.1, 0.15) is 0 Å². The van der Waals surface area contributed by atoms with Crippen molar-refractivity contribution in [3.63, 3.8) is 0 Å². The molecule has 0 radical (unpaired) electrons. The van der Waals surface area contributed by atoms with Crippen molar-refractivity contribution in [3.05, 3.63) is 5.69 Å². The Morgan fingerprint density at radius 3 is 3.00 bits per heavy atom. The summed E-state index contributed by atoms with van der Waals surface area (Å²) in [6.07, 6.45) is 1.46. The summed E-state index contributed by atoms with van der Waals surface area (Å²) in [6.45, 7) is 0.280. The molecule has 1 aromatic heterocycles. The van der Waals surface area contributed by atoms with Gasteiger partial charge in [-0.3, -0.25) is 0 Å². The number of amidine groups is 1. The molecular formula is C7H14N6O4S. The van der Waals surface area contributed by atoms with E-state index >= 15 is 0 Å². The topological polar surface area (TPSA) is 148 Å². The van der Waals surface area contributed by atoms with Crippen LogP contribution in [-0.2, 0) is 14.6 Å². The molecule has 0 fully saturated rings. The van der Waals surface area contributed by atoms with Gasteiger partial charge < -0.3 is 16.3 Å². The van der Waals surface area contributed by atoms with Gasteiger partial charge in [-0.15, -0.1) is 0 Å². The molecule has 1 atom stereocenters. The largest absolute Gasteiger partial charge is 0.409 e. The smallest absolute Gasteiger partial charge is 0.202 e. The number of hydrogen-bond donors (Lipinski definition) is 3. The summed E-state index contributed by atoms with van der Waals surface area (Å²) >= 11 is 0. The first-order valence-corrected chi connectivity index (χ1v) is 6.86. The van der Waals surface area contributed by atoms with Crippen LogP contribution in [0.4, 0.5) is 5.82 Å². The van der Waals surface area contributed by atoms with Crippen molar-refractivity contribution in [3.8, 4) is 0 Å². The lowest BCUT2D eigenvalue weighted by molar-refractivity contribution is 0.218. The van der Waals surface area contributed by atoms with Gasteiger partial charge in [-0.25, -0.2) is 13.7 Å². The molecule has 0 saturated heterocycles. The standard InChI is InChI=1S/C7H14N6O4S/c1-16-13-18(2,15)4-3-9-7-5(6(8)10-14)11-17-12-7/h14H,3-4H2,1-2H3,(H2,8,10)(H,9,12). The van der Waals surface area contributed by atoms with Crippen molar-refractivity contribution in [2.75, 3.05) is 31.0 Å². The van der Waals surface area contributed by atoms with Crippen LogP contribution in [-0.4, -0.2) is 51.2 Å². The van der Waals surface area contributed by atoms with Gasteiger partial charge in [0.15, 0.2) is 11.5 Å². The SMILES string of the molecule is CON=S(C)(=O)CCNc1nonc1/C(N)=N/O. The van der Waals surface area contributed by atoms with E-state index in [1.54, 1.807) is 0 Å². The van der Waals surface area contributed by atoms with Crippen LogP contribution in [0, 0.1) is 0 Å². The van der Waals surface area contributed by atoms with Gasteiger partial charge in [0, 0.05) is 12.8 Å². The molecule has 10 nitrogen and oxygen atoms in total. The second-order valence-electron chi connectivity index (χ2n) is 3.29. The van der Waals surface area contributed by atoms with Crippen molar-refractivity contribution < 1.29 is 18.9 Å². The van der Waals surface area contributed by atoms with E-state index in [2.05, 4.69) is 34.8 Å². The highest BCUT2D eigenvalue weighted by Crippen LogP contribution is 2.08. The molecule has 0 aromatic carbocycles. The Balaban J connectivity index is 2.63. The summed E-state index contributed by atoms with van der Waals surface area (Å²) in [7, 11) is -1.09. The van der Waals surface area contributed by atoms with Crippen LogP contribution in [0.3, 0.4) is 0 Å². The third kappa shape index (κ3) is 3.85. The van der Waals surface area contributed by atoms with Crippen molar-refractivity contribution in [1.29, 1.82) is 0 Å². The minimum atomic E-state index is -2.42. The van der Waals surface area contributed by atoms with Crippen LogP contribution < -0.4 is 11.1 Å². The number of oxime groups is 1. The molecule has 18 heavy (non-hydrogen) atoms. The summed E-state index contributed by atoms with van der Waals surface area (Å²) in [5, 5.41) is 21.0. The van der Waals surface area contributed by atoms with Gasteiger partial charge in [-0.05, 0) is 10.3 Å². The number of rotatable bonds is 6. The summed E-state index contributed by atoms with van der Waals surface area (Å²) in [6, 6.07) is 0. The van der Waals surface area contributed by atoms with E-state index in [1.807, 2.05) is 0 Å². The molecule has 1 unspecified atom stereocenters. The fourth-order valence-corrected chi connectivity index (χ4v) is 1.94. The molecule has 102 valence electrons. The Kier molecular flexibility index (Phi) is 4.85. The minimum absolute atomic E-state index is 0.0729. The summed E-state index contributed by atoms with van der Waals surface area (Å²) in [5.41, 5.74) is 5.42. The first-order chi connectivity index (χ1) is 8.50. The van der Waals surface area contributed by atoms with E-state index in [-0.39, 0.29) is 29.6 Å². The zero-order valence-corrected chi connectivity index (χ0v) is 10.7. The molecule has 0 saturated carbocycles. The number of nitrogens with one attached hydrogen (secondary N) is 1.